The lowest BCUT2D eigenvalue weighted by Gasteiger charge is -2.19. The first-order chi connectivity index (χ1) is 7.31. The van der Waals surface area contributed by atoms with E-state index in [4.69, 9.17) is 0 Å². The number of nitrogens with one attached hydrogen (secondary N) is 2. The normalized spacial score (nSPS) is 33.3. The maximum Gasteiger partial charge on any atom is 0.224 e. The van der Waals surface area contributed by atoms with E-state index in [1.165, 1.54) is 25.7 Å². The molecule has 2 saturated heterocycles. The zero-order chi connectivity index (χ0) is 10.7. The first kappa shape index (κ1) is 10.9. The molecule has 2 rings (SSSR count). The molecule has 0 aromatic carbocycles. The van der Waals surface area contributed by atoms with Crippen molar-refractivity contribution in [1.29, 1.82) is 0 Å². The third-order valence-corrected chi connectivity index (χ3v) is 3.72. The molecule has 2 bridgehead atoms. The van der Waals surface area contributed by atoms with E-state index in [-0.39, 0.29) is 11.8 Å². The lowest BCUT2D eigenvalue weighted by Crippen LogP contribution is -2.37. The first-order valence-electron chi connectivity index (χ1n) is 6.35. The van der Waals surface area contributed by atoms with Gasteiger partial charge in [0, 0.05) is 18.6 Å². The fourth-order valence-electron chi connectivity index (χ4n) is 2.83. The second-order valence-electron chi connectivity index (χ2n) is 4.89. The molecular weight excluding hydrogens is 188 g/mol. The molecule has 0 aromatic heterocycles. The van der Waals surface area contributed by atoms with Crippen molar-refractivity contribution < 1.29 is 4.79 Å². The van der Waals surface area contributed by atoms with Gasteiger partial charge in [-0.25, -0.2) is 0 Å². The molecule has 3 atom stereocenters. The van der Waals surface area contributed by atoms with Gasteiger partial charge in [0.15, 0.2) is 0 Å². The van der Waals surface area contributed by atoms with E-state index in [1.54, 1.807) is 0 Å². The smallest absolute Gasteiger partial charge is 0.224 e. The van der Waals surface area contributed by atoms with Gasteiger partial charge in [0.05, 0.1) is 5.92 Å². The number of carbonyl (C=O) groups excluding carboxylic acids is 1. The minimum absolute atomic E-state index is 0.255. The lowest BCUT2D eigenvalue weighted by atomic mass is 9.88. The van der Waals surface area contributed by atoms with Gasteiger partial charge in [-0.1, -0.05) is 19.8 Å². The monoisotopic (exact) mass is 210 g/mol. The quantitative estimate of drug-likeness (QED) is 0.674. The van der Waals surface area contributed by atoms with E-state index < -0.39 is 0 Å². The Labute approximate surface area is 92.0 Å². The summed E-state index contributed by atoms with van der Waals surface area (Å²) in [5.74, 6) is 0.538. The van der Waals surface area contributed by atoms with Crippen LogP contribution in [0.25, 0.3) is 0 Å². The fourth-order valence-corrected chi connectivity index (χ4v) is 2.83. The van der Waals surface area contributed by atoms with E-state index in [1.807, 2.05) is 0 Å². The maximum absolute atomic E-state index is 11.8. The average Bonchev–Trinajstić information content (AvgIpc) is 2.85. The van der Waals surface area contributed by atoms with Gasteiger partial charge in [0.25, 0.3) is 0 Å². The van der Waals surface area contributed by atoms with Gasteiger partial charge >= 0.3 is 0 Å². The highest BCUT2D eigenvalue weighted by Gasteiger charge is 2.42. The second-order valence-corrected chi connectivity index (χ2v) is 4.89. The van der Waals surface area contributed by atoms with E-state index in [9.17, 15) is 4.79 Å². The molecule has 2 aliphatic heterocycles. The number of fused-ring (bicyclic) bond motifs is 2. The molecule has 1 amide bonds. The van der Waals surface area contributed by atoms with Crippen LogP contribution in [0.1, 0.15) is 45.4 Å². The van der Waals surface area contributed by atoms with Crippen LogP contribution in [0.2, 0.25) is 0 Å². The van der Waals surface area contributed by atoms with E-state index >= 15 is 0 Å². The molecule has 3 heteroatoms. The summed E-state index contributed by atoms with van der Waals surface area (Å²) in [4.78, 5) is 11.8. The highest BCUT2D eigenvalue weighted by molar-refractivity contribution is 5.80. The molecule has 2 fully saturated rings. The zero-order valence-corrected chi connectivity index (χ0v) is 9.59. The van der Waals surface area contributed by atoms with Gasteiger partial charge in [-0.05, 0) is 25.7 Å². The van der Waals surface area contributed by atoms with Crippen LogP contribution in [0.3, 0.4) is 0 Å². The highest BCUT2D eigenvalue weighted by Crippen LogP contribution is 2.33. The van der Waals surface area contributed by atoms with Gasteiger partial charge in [0.2, 0.25) is 5.91 Å². The Balaban J connectivity index is 1.68. The number of amides is 1. The fraction of sp³-hybridized carbons (Fsp3) is 0.917. The predicted octanol–water partition coefficient (Wildman–Crippen LogP) is 1.43. The van der Waals surface area contributed by atoms with Crippen LogP contribution in [0.4, 0.5) is 0 Å². The minimum atomic E-state index is 0.255. The Bertz CT molecular complexity index is 230. The topological polar surface area (TPSA) is 41.1 Å². The van der Waals surface area contributed by atoms with Crippen LogP contribution < -0.4 is 10.6 Å². The molecule has 0 radical (unpaired) electrons. The summed E-state index contributed by atoms with van der Waals surface area (Å²) < 4.78 is 0. The molecule has 2 aliphatic rings. The summed E-state index contributed by atoms with van der Waals surface area (Å²) in [6, 6.07) is 1.10. The van der Waals surface area contributed by atoms with Crippen LogP contribution in [0, 0.1) is 5.92 Å². The van der Waals surface area contributed by atoms with Crippen molar-refractivity contribution in [2.24, 2.45) is 5.92 Å². The third kappa shape index (κ3) is 2.51. The molecule has 2 heterocycles. The number of unbranched alkanes of at least 4 members (excludes halogenated alkanes) is 2. The second kappa shape index (κ2) is 4.97. The SMILES string of the molecule is CCCCCNC(=O)C1CC2CCC1N2. The van der Waals surface area contributed by atoms with Crippen molar-refractivity contribution >= 4 is 5.91 Å². The van der Waals surface area contributed by atoms with Crippen molar-refractivity contribution in [3.63, 3.8) is 0 Å². The number of hydrogen-bond donors (Lipinski definition) is 2. The van der Waals surface area contributed by atoms with Crippen molar-refractivity contribution in [2.75, 3.05) is 6.54 Å². The third-order valence-electron chi connectivity index (χ3n) is 3.72. The van der Waals surface area contributed by atoms with Gasteiger partial charge in [-0.15, -0.1) is 0 Å². The minimum Gasteiger partial charge on any atom is -0.356 e. The Kier molecular flexibility index (Phi) is 3.62. The van der Waals surface area contributed by atoms with Crippen molar-refractivity contribution in [1.82, 2.24) is 10.6 Å². The van der Waals surface area contributed by atoms with E-state index in [0.29, 0.717) is 12.1 Å². The number of carbonyl (C=O) groups is 1. The molecule has 0 spiro atoms. The summed E-state index contributed by atoms with van der Waals surface area (Å²) >= 11 is 0. The lowest BCUT2D eigenvalue weighted by molar-refractivity contribution is -0.125. The molecule has 86 valence electrons. The summed E-state index contributed by atoms with van der Waals surface area (Å²) in [6.45, 7) is 3.04. The zero-order valence-electron chi connectivity index (χ0n) is 9.59. The van der Waals surface area contributed by atoms with Gasteiger partial charge in [-0.3, -0.25) is 4.79 Å². The Hall–Kier alpha value is -0.570. The summed E-state index contributed by atoms with van der Waals surface area (Å²) in [7, 11) is 0. The van der Waals surface area contributed by atoms with E-state index in [2.05, 4.69) is 17.6 Å². The molecule has 0 aromatic rings. The number of rotatable bonds is 5. The van der Waals surface area contributed by atoms with E-state index in [0.717, 1.165) is 19.4 Å². The van der Waals surface area contributed by atoms with Gasteiger partial charge in [-0.2, -0.15) is 0 Å². The Morgan fingerprint density at radius 1 is 1.40 bits per heavy atom. The van der Waals surface area contributed by atoms with Crippen LogP contribution in [0.15, 0.2) is 0 Å². The van der Waals surface area contributed by atoms with Crippen molar-refractivity contribution in [2.45, 2.75) is 57.5 Å². The molecular formula is C12H22N2O. The van der Waals surface area contributed by atoms with Crippen LogP contribution >= 0.6 is 0 Å². The molecule has 3 unspecified atom stereocenters. The highest BCUT2D eigenvalue weighted by atomic mass is 16.1. The van der Waals surface area contributed by atoms with Crippen molar-refractivity contribution in [3.05, 3.63) is 0 Å². The van der Waals surface area contributed by atoms with Crippen molar-refractivity contribution in [3.8, 4) is 0 Å². The Morgan fingerprint density at radius 3 is 2.87 bits per heavy atom. The van der Waals surface area contributed by atoms with Crippen LogP contribution in [0.5, 0.6) is 0 Å². The van der Waals surface area contributed by atoms with Crippen LogP contribution in [-0.2, 0) is 4.79 Å². The van der Waals surface area contributed by atoms with Crippen LogP contribution in [-0.4, -0.2) is 24.5 Å². The summed E-state index contributed by atoms with van der Waals surface area (Å²) in [6.07, 6.45) is 7.07. The molecule has 0 aliphatic carbocycles. The maximum atomic E-state index is 11.8. The van der Waals surface area contributed by atoms with Gasteiger partial charge in [0.1, 0.15) is 0 Å². The number of hydrogen-bond acceptors (Lipinski definition) is 2. The summed E-state index contributed by atoms with van der Waals surface area (Å²) in [5.41, 5.74) is 0. The summed E-state index contributed by atoms with van der Waals surface area (Å²) in [5, 5.41) is 6.56. The average molecular weight is 210 g/mol. The molecule has 3 nitrogen and oxygen atoms in total. The predicted molar refractivity (Wildman–Crippen MR) is 60.6 cm³/mol. The molecule has 15 heavy (non-hydrogen) atoms. The molecule has 2 N–H and O–H groups in total. The molecule has 0 saturated carbocycles. The largest absolute Gasteiger partial charge is 0.356 e. The Morgan fingerprint density at radius 2 is 2.27 bits per heavy atom. The standard InChI is InChI=1S/C12H22N2O/c1-2-3-4-7-13-12(15)10-8-9-5-6-11(10)14-9/h9-11,14H,2-8H2,1H3,(H,13,15). The first-order valence-corrected chi connectivity index (χ1v) is 6.35. The van der Waals surface area contributed by atoms with Gasteiger partial charge < -0.3 is 10.6 Å².